The molecule has 1 aromatic rings. The summed E-state index contributed by atoms with van der Waals surface area (Å²) in [5.41, 5.74) is 7.52. The van der Waals surface area contributed by atoms with Crippen LogP contribution < -0.4 is 15.8 Å². The molecule has 106 valence electrons. The fourth-order valence-corrected chi connectivity index (χ4v) is 1.57. The average Bonchev–Trinajstić information content (AvgIpc) is 2.37. The van der Waals surface area contributed by atoms with Gasteiger partial charge in [-0.2, -0.15) is 0 Å². The highest BCUT2D eigenvalue weighted by Gasteiger charge is 2.17. The van der Waals surface area contributed by atoms with Crippen LogP contribution in [-0.2, 0) is 4.79 Å². The predicted molar refractivity (Wildman–Crippen MR) is 78.4 cm³/mol. The standard InChI is InChI=1S/C15H24N2O2/c1-5-8-19-13-6-7-14(10(2)9-13)17-15(18)11(3)12(4)16/h6-7,9,11-12H,5,8,16H2,1-4H3,(H,17,18). The van der Waals surface area contributed by atoms with Gasteiger partial charge >= 0.3 is 0 Å². The van der Waals surface area contributed by atoms with Gasteiger partial charge in [0, 0.05) is 11.7 Å². The largest absolute Gasteiger partial charge is 0.494 e. The fourth-order valence-electron chi connectivity index (χ4n) is 1.57. The van der Waals surface area contributed by atoms with Crippen LogP contribution in [0.15, 0.2) is 18.2 Å². The van der Waals surface area contributed by atoms with E-state index >= 15 is 0 Å². The van der Waals surface area contributed by atoms with E-state index in [1.807, 2.05) is 39.0 Å². The second-order valence-corrected chi connectivity index (χ2v) is 4.96. The quantitative estimate of drug-likeness (QED) is 0.830. The summed E-state index contributed by atoms with van der Waals surface area (Å²) in [6.45, 7) is 8.38. The Kier molecular flexibility index (Phi) is 5.83. The van der Waals surface area contributed by atoms with E-state index in [0.717, 1.165) is 23.4 Å². The molecule has 2 atom stereocenters. The number of carbonyl (C=O) groups excluding carboxylic acids is 1. The number of rotatable bonds is 6. The number of benzene rings is 1. The Balaban J connectivity index is 2.72. The third-order valence-electron chi connectivity index (χ3n) is 3.13. The van der Waals surface area contributed by atoms with Gasteiger partial charge in [0.15, 0.2) is 0 Å². The summed E-state index contributed by atoms with van der Waals surface area (Å²) in [7, 11) is 0. The molecule has 0 aliphatic carbocycles. The van der Waals surface area contributed by atoms with Crippen LogP contribution in [0.5, 0.6) is 5.75 Å². The Morgan fingerprint density at radius 2 is 2.11 bits per heavy atom. The van der Waals surface area contributed by atoms with E-state index in [9.17, 15) is 4.79 Å². The van der Waals surface area contributed by atoms with Crippen molar-refractivity contribution >= 4 is 11.6 Å². The molecular formula is C15H24N2O2. The van der Waals surface area contributed by atoms with Crippen molar-refractivity contribution in [1.29, 1.82) is 0 Å². The molecular weight excluding hydrogens is 240 g/mol. The molecule has 2 unspecified atom stereocenters. The van der Waals surface area contributed by atoms with Gasteiger partial charge in [0.05, 0.1) is 12.5 Å². The van der Waals surface area contributed by atoms with Crippen LogP contribution in [0.25, 0.3) is 0 Å². The Morgan fingerprint density at radius 1 is 1.42 bits per heavy atom. The highest BCUT2D eigenvalue weighted by Crippen LogP contribution is 2.22. The molecule has 4 heteroatoms. The Hall–Kier alpha value is -1.55. The predicted octanol–water partition coefficient (Wildman–Crippen LogP) is 2.71. The normalized spacial score (nSPS) is 13.7. The van der Waals surface area contributed by atoms with Gasteiger partial charge in [0.2, 0.25) is 5.91 Å². The molecule has 0 aliphatic rings. The van der Waals surface area contributed by atoms with Gasteiger partial charge in [-0.15, -0.1) is 0 Å². The zero-order chi connectivity index (χ0) is 14.4. The second kappa shape index (κ2) is 7.14. The number of ether oxygens (including phenoxy) is 1. The SMILES string of the molecule is CCCOc1ccc(NC(=O)C(C)C(C)N)c(C)c1. The average molecular weight is 264 g/mol. The highest BCUT2D eigenvalue weighted by molar-refractivity contribution is 5.93. The first kappa shape index (κ1) is 15.5. The van der Waals surface area contributed by atoms with E-state index in [2.05, 4.69) is 12.2 Å². The van der Waals surface area contributed by atoms with Gasteiger partial charge in [-0.3, -0.25) is 4.79 Å². The zero-order valence-corrected chi connectivity index (χ0v) is 12.2. The molecule has 0 aromatic heterocycles. The lowest BCUT2D eigenvalue weighted by molar-refractivity contribution is -0.119. The molecule has 1 amide bonds. The van der Waals surface area contributed by atoms with Crippen molar-refractivity contribution in [1.82, 2.24) is 0 Å². The van der Waals surface area contributed by atoms with Crippen molar-refractivity contribution in [2.75, 3.05) is 11.9 Å². The molecule has 0 aliphatic heterocycles. The van der Waals surface area contributed by atoms with E-state index in [4.69, 9.17) is 10.5 Å². The minimum absolute atomic E-state index is 0.0553. The smallest absolute Gasteiger partial charge is 0.228 e. The van der Waals surface area contributed by atoms with Crippen LogP contribution >= 0.6 is 0 Å². The summed E-state index contributed by atoms with van der Waals surface area (Å²) in [4.78, 5) is 11.9. The summed E-state index contributed by atoms with van der Waals surface area (Å²) in [5, 5.41) is 2.90. The molecule has 0 saturated carbocycles. The molecule has 0 fully saturated rings. The summed E-state index contributed by atoms with van der Waals surface area (Å²) in [6.07, 6.45) is 0.976. The lowest BCUT2D eigenvalue weighted by Gasteiger charge is -2.17. The van der Waals surface area contributed by atoms with Crippen LogP contribution in [0, 0.1) is 12.8 Å². The number of carbonyl (C=O) groups is 1. The van der Waals surface area contributed by atoms with Gasteiger partial charge in [0.25, 0.3) is 0 Å². The van der Waals surface area contributed by atoms with Gasteiger partial charge in [-0.25, -0.2) is 0 Å². The maximum Gasteiger partial charge on any atom is 0.228 e. The summed E-state index contributed by atoms with van der Waals surface area (Å²) in [6, 6.07) is 5.51. The van der Waals surface area contributed by atoms with Crippen LogP contribution in [-0.4, -0.2) is 18.6 Å². The summed E-state index contributed by atoms with van der Waals surface area (Å²) < 4.78 is 5.55. The molecule has 0 saturated heterocycles. The summed E-state index contributed by atoms with van der Waals surface area (Å²) >= 11 is 0. The lowest BCUT2D eigenvalue weighted by Crippen LogP contribution is -2.34. The molecule has 0 spiro atoms. The number of amides is 1. The number of aryl methyl sites for hydroxylation is 1. The lowest BCUT2D eigenvalue weighted by atomic mass is 10.0. The van der Waals surface area contributed by atoms with Crippen molar-refractivity contribution in [3.05, 3.63) is 23.8 Å². The molecule has 0 radical (unpaired) electrons. The first-order valence-electron chi connectivity index (χ1n) is 6.75. The van der Waals surface area contributed by atoms with Crippen LogP contribution in [0.3, 0.4) is 0 Å². The maximum atomic E-state index is 11.9. The topological polar surface area (TPSA) is 64.3 Å². The number of anilines is 1. The Morgan fingerprint density at radius 3 is 2.63 bits per heavy atom. The summed E-state index contributed by atoms with van der Waals surface area (Å²) in [5.74, 6) is 0.563. The number of nitrogens with one attached hydrogen (secondary N) is 1. The number of nitrogens with two attached hydrogens (primary N) is 1. The van der Waals surface area contributed by atoms with Crippen molar-refractivity contribution in [2.24, 2.45) is 11.7 Å². The van der Waals surface area contributed by atoms with Crippen LogP contribution in [0.4, 0.5) is 5.69 Å². The zero-order valence-electron chi connectivity index (χ0n) is 12.2. The Labute approximate surface area is 115 Å². The maximum absolute atomic E-state index is 11.9. The van der Waals surface area contributed by atoms with Gasteiger partial charge in [-0.05, 0) is 44.0 Å². The van der Waals surface area contributed by atoms with Crippen LogP contribution in [0.2, 0.25) is 0 Å². The minimum Gasteiger partial charge on any atom is -0.494 e. The molecule has 4 nitrogen and oxygen atoms in total. The van der Waals surface area contributed by atoms with E-state index in [0.29, 0.717) is 6.61 Å². The van der Waals surface area contributed by atoms with Crippen molar-refractivity contribution in [3.8, 4) is 5.75 Å². The fraction of sp³-hybridized carbons (Fsp3) is 0.533. The molecule has 19 heavy (non-hydrogen) atoms. The van der Waals surface area contributed by atoms with Crippen LogP contribution in [0.1, 0.15) is 32.8 Å². The van der Waals surface area contributed by atoms with Crippen molar-refractivity contribution < 1.29 is 9.53 Å². The molecule has 0 bridgehead atoms. The van der Waals surface area contributed by atoms with E-state index < -0.39 is 0 Å². The van der Waals surface area contributed by atoms with Crippen molar-refractivity contribution in [2.45, 2.75) is 40.2 Å². The van der Waals surface area contributed by atoms with Crippen molar-refractivity contribution in [3.63, 3.8) is 0 Å². The minimum atomic E-state index is -0.213. The molecule has 1 aromatic carbocycles. The number of hydrogen-bond acceptors (Lipinski definition) is 3. The third-order valence-corrected chi connectivity index (χ3v) is 3.13. The van der Waals surface area contributed by atoms with E-state index in [1.165, 1.54) is 0 Å². The first-order chi connectivity index (χ1) is 8.95. The second-order valence-electron chi connectivity index (χ2n) is 4.96. The molecule has 3 N–H and O–H groups in total. The number of hydrogen-bond donors (Lipinski definition) is 2. The third kappa shape index (κ3) is 4.56. The van der Waals surface area contributed by atoms with Gasteiger partial charge < -0.3 is 15.8 Å². The van der Waals surface area contributed by atoms with E-state index in [-0.39, 0.29) is 17.9 Å². The first-order valence-corrected chi connectivity index (χ1v) is 6.75. The van der Waals surface area contributed by atoms with Gasteiger partial charge in [-0.1, -0.05) is 13.8 Å². The highest BCUT2D eigenvalue weighted by atomic mass is 16.5. The molecule has 1 rings (SSSR count). The van der Waals surface area contributed by atoms with E-state index in [1.54, 1.807) is 0 Å². The van der Waals surface area contributed by atoms with Gasteiger partial charge in [0.1, 0.15) is 5.75 Å². The monoisotopic (exact) mass is 264 g/mol. The Bertz CT molecular complexity index is 430. The molecule has 0 heterocycles.